The highest BCUT2D eigenvalue weighted by atomic mass is 16.4. The Bertz CT molecular complexity index is 575. The van der Waals surface area contributed by atoms with Crippen molar-refractivity contribution in [3.8, 4) is 5.69 Å². The molecular weight excluding hydrogens is 244 g/mol. The van der Waals surface area contributed by atoms with E-state index in [0.29, 0.717) is 5.56 Å². The number of hydrogen-bond acceptors (Lipinski definition) is 3. The number of hydrogen-bond donors (Lipinski definition) is 2. The van der Waals surface area contributed by atoms with Gasteiger partial charge < -0.3 is 10.2 Å². The van der Waals surface area contributed by atoms with Crippen LogP contribution in [0.25, 0.3) is 5.69 Å². The lowest BCUT2D eigenvalue weighted by molar-refractivity contribution is -0.153. The Morgan fingerprint density at radius 3 is 2.53 bits per heavy atom. The van der Waals surface area contributed by atoms with Crippen molar-refractivity contribution in [2.45, 2.75) is 20.0 Å². The summed E-state index contributed by atoms with van der Waals surface area (Å²) in [6.45, 7) is 2.97. The second-order valence-corrected chi connectivity index (χ2v) is 4.98. The van der Waals surface area contributed by atoms with E-state index in [1.807, 2.05) is 30.3 Å². The van der Waals surface area contributed by atoms with Crippen molar-refractivity contribution < 1.29 is 15.0 Å². The predicted octanol–water partition coefficient (Wildman–Crippen LogP) is 2.02. The molecule has 1 aromatic heterocycles. The summed E-state index contributed by atoms with van der Waals surface area (Å²) in [5.41, 5.74) is 0.0789. The molecule has 5 nitrogen and oxygen atoms in total. The molecule has 1 unspecified atom stereocenters. The zero-order valence-corrected chi connectivity index (χ0v) is 10.8. The molecule has 0 amide bonds. The first kappa shape index (κ1) is 13.3. The summed E-state index contributed by atoms with van der Waals surface area (Å²) in [7, 11) is 0. The van der Waals surface area contributed by atoms with Crippen LogP contribution >= 0.6 is 0 Å². The molecule has 0 fully saturated rings. The lowest BCUT2D eigenvalue weighted by Crippen LogP contribution is -2.31. The van der Waals surface area contributed by atoms with Crippen LogP contribution in [0.5, 0.6) is 0 Å². The van der Waals surface area contributed by atoms with E-state index in [2.05, 4.69) is 5.10 Å². The molecular formula is C14H16N2O3. The van der Waals surface area contributed by atoms with Crippen LogP contribution in [-0.4, -0.2) is 26.0 Å². The van der Waals surface area contributed by atoms with E-state index < -0.39 is 17.5 Å². The van der Waals surface area contributed by atoms with Crippen molar-refractivity contribution in [3.05, 3.63) is 48.3 Å². The number of carbonyl (C=O) groups is 1. The number of aliphatic hydroxyl groups excluding tert-OH is 1. The SMILES string of the molecule is CC(C)(C(=O)O)C(O)c1cnn(-c2ccccc2)c1. The van der Waals surface area contributed by atoms with Gasteiger partial charge in [-0.25, -0.2) is 4.68 Å². The van der Waals surface area contributed by atoms with E-state index in [1.165, 1.54) is 20.0 Å². The van der Waals surface area contributed by atoms with Crippen LogP contribution in [-0.2, 0) is 4.79 Å². The molecule has 2 aromatic rings. The molecule has 5 heteroatoms. The van der Waals surface area contributed by atoms with Crippen molar-refractivity contribution >= 4 is 5.97 Å². The zero-order chi connectivity index (χ0) is 14.0. The highest BCUT2D eigenvalue weighted by molar-refractivity contribution is 5.74. The molecule has 1 aromatic carbocycles. The summed E-state index contributed by atoms with van der Waals surface area (Å²) < 4.78 is 1.61. The van der Waals surface area contributed by atoms with Crippen LogP contribution in [0.3, 0.4) is 0 Å². The van der Waals surface area contributed by atoms with Gasteiger partial charge in [0.25, 0.3) is 0 Å². The second-order valence-electron chi connectivity index (χ2n) is 4.98. The molecule has 0 bridgehead atoms. The summed E-state index contributed by atoms with van der Waals surface area (Å²) in [6.07, 6.45) is 2.02. The highest BCUT2D eigenvalue weighted by Gasteiger charge is 2.37. The van der Waals surface area contributed by atoms with Gasteiger partial charge in [-0.2, -0.15) is 5.10 Å². The molecule has 2 rings (SSSR count). The number of aliphatic hydroxyl groups is 1. The Balaban J connectivity index is 2.30. The van der Waals surface area contributed by atoms with Crippen LogP contribution in [0.1, 0.15) is 25.5 Å². The van der Waals surface area contributed by atoms with Gasteiger partial charge in [0.2, 0.25) is 0 Å². The monoisotopic (exact) mass is 260 g/mol. The standard InChI is InChI=1S/C14H16N2O3/c1-14(2,13(18)19)12(17)10-8-15-16(9-10)11-6-4-3-5-7-11/h3-9,12,17H,1-2H3,(H,18,19). The molecule has 1 atom stereocenters. The van der Waals surface area contributed by atoms with Crippen LogP contribution < -0.4 is 0 Å². The van der Waals surface area contributed by atoms with E-state index >= 15 is 0 Å². The number of carboxylic acid groups (broad SMARTS) is 1. The van der Waals surface area contributed by atoms with Crippen LogP contribution in [0.15, 0.2) is 42.7 Å². The van der Waals surface area contributed by atoms with Gasteiger partial charge in [0.15, 0.2) is 0 Å². The Kier molecular flexibility index (Phi) is 3.40. The Morgan fingerprint density at radius 1 is 1.32 bits per heavy atom. The molecule has 0 saturated carbocycles. The van der Waals surface area contributed by atoms with Crippen molar-refractivity contribution in [1.29, 1.82) is 0 Å². The third-order valence-electron chi connectivity index (χ3n) is 3.17. The van der Waals surface area contributed by atoms with Gasteiger partial charge in [-0.15, -0.1) is 0 Å². The summed E-state index contributed by atoms with van der Waals surface area (Å²) in [5.74, 6) is -1.05. The maximum atomic E-state index is 11.1. The summed E-state index contributed by atoms with van der Waals surface area (Å²) in [5, 5.41) is 23.4. The number of carboxylic acids is 1. The fourth-order valence-electron chi connectivity index (χ4n) is 1.73. The van der Waals surface area contributed by atoms with Crippen LogP contribution in [0.4, 0.5) is 0 Å². The lowest BCUT2D eigenvalue weighted by atomic mass is 9.84. The van der Waals surface area contributed by atoms with Gasteiger partial charge in [-0.05, 0) is 26.0 Å². The van der Waals surface area contributed by atoms with E-state index in [1.54, 1.807) is 10.9 Å². The number of nitrogens with zero attached hydrogens (tertiary/aromatic N) is 2. The van der Waals surface area contributed by atoms with E-state index in [-0.39, 0.29) is 0 Å². The maximum absolute atomic E-state index is 11.1. The minimum atomic E-state index is -1.26. The lowest BCUT2D eigenvalue weighted by Gasteiger charge is -2.24. The predicted molar refractivity (Wildman–Crippen MR) is 69.9 cm³/mol. The van der Waals surface area contributed by atoms with Gasteiger partial charge in [-0.3, -0.25) is 4.79 Å². The Morgan fingerprint density at radius 2 is 1.95 bits per heavy atom. The summed E-state index contributed by atoms with van der Waals surface area (Å²) in [6, 6.07) is 9.43. The normalized spacial score (nSPS) is 13.2. The molecule has 19 heavy (non-hydrogen) atoms. The van der Waals surface area contributed by atoms with Crippen LogP contribution in [0, 0.1) is 5.41 Å². The van der Waals surface area contributed by atoms with Gasteiger partial charge in [0, 0.05) is 11.8 Å². The number of rotatable bonds is 4. The molecule has 2 N–H and O–H groups in total. The van der Waals surface area contributed by atoms with Crippen molar-refractivity contribution in [1.82, 2.24) is 9.78 Å². The average molecular weight is 260 g/mol. The molecule has 0 radical (unpaired) electrons. The first-order chi connectivity index (χ1) is 8.93. The molecule has 100 valence electrons. The average Bonchev–Trinajstić information content (AvgIpc) is 2.88. The highest BCUT2D eigenvalue weighted by Crippen LogP contribution is 2.33. The molecule has 0 aliphatic carbocycles. The Labute approximate surface area is 111 Å². The topological polar surface area (TPSA) is 75.3 Å². The summed E-state index contributed by atoms with van der Waals surface area (Å²) >= 11 is 0. The van der Waals surface area contributed by atoms with E-state index in [0.717, 1.165) is 5.69 Å². The fraction of sp³-hybridized carbons (Fsp3) is 0.286. The van der Waals surface area contributed by atoms with E-state index in [9.17, 15) is 9.90 Å². The fourth-order valence-corrected chi connectivity index (χ4v) is 1.73. The molecule has 0 aliphatic heterocycles. The quantitative estimate of drug-likeness (QED) is 0.881. The first-order valence-corrected chi connectivity index (χ1v) is 5.94. The number of para-hydroxylation sites is 1. The minimum Gasteiger partial charge on any atom is -0.481 e. The van der Waals surface area contributed by atoms with Crippen molar-refractivity contribution in [2.24, 2.45) is 5.41 Å². The van der Waals surface area contributed by atoms with Crippen LogP contribution in [0.2, 0.25) is 0 Å². The van der Waals surface area contributed by atoms with Crippen molar-refractivity contribution in [2.75, 3.05) is 0 Å². The largest absolute Gasteiger partial charge is 0.481 e. The first-order valence-electron chi connectivity index (χ1n) is 5.94. The smallest absolute Gasteiger partial charge is 0.312 e. The number of aromatic nitrogens is 2. The second kappa shape index (κ2) is 4.85. The van der Waals surface area contributed by atoms with Gasteiger partial charge in [0.1, 0.15) is 0 Å². The van der Waals surface area contributed by atoms with E-state index in [4.69, 9.17) is 5.11 Å². The molecule has 0 saturated heterocycles. The van der Waals surface area contributed by atoms with Gasteiger partial charge in [0.05, 0.1) is 23.4 Å². The third-order valence-corrected chi connectivity index (χ3v) is 3.17. The van der Waals surface area contributed by atoms with Gasteiger partial charge in [-0.1, -0.05) is 18.2 Å². The molecule has 0 aliphatic rings. The zero-order valence-electron chi connectivity index (χ0n) is 10.8. The minimum absolute atomic E-state index is 0.483. The van der Waals surface area contributed by atoms with Crippen molar-refractivity contribution in [3.63, 3.8) is 0 Å². The third kappa shape index (κ3) is 2.51. The Hall–Kier alpha value is -2.14. The number of benzene rings is 1. The molecule has 1 heterocycles. The maximum Gasteiger partial charge on any atom is 0.312 e. The van der Waals surface area contributed by atoms with Gasteiger partial charge >= 0.3 is 5.97 Å². The molecule has 0 spiro atoms. The summed E-state index contributed by atoms with van der Waals surface area (Å²) in [4.78, 5) is 11.1. The number of aliphatic carboxylic acids is 1.